The molecule has 0 spiro atoms. The number of nitrogens with one attached hydrogen (secondary N) is 3. The minimum Gasteiger partial charge on any atom is -0.489 e. The van der Waals surface area contributed by atoms with Crippen LogP contribution in [0.25, 0.3) is 0 Å². The third kappa shape index (κ3) is 5.42. The normalized spacial score (nSPS) is 11.8. The number of halogens is 2. The van der Waals surface area contributed by atoms with Crippen molar-refractivity contribution < 1.29 is 24.2 Å². The van der Waals surface area contributed by atoms with E-state index in [1.54, 1.807) is 20.8 Å². The number of aliphatic carboxylic acids is 1. The van der Waals surface area contributed by atoms with Gasteiger partial charge in [0.25, 0.3) is 11.8 Å². The number of aromatic nitrogens is 1. The smallest absolute Gasteiger partial charge is 0.325 e. The molecule has 0 aliphatic heterocycles. The molecule has 4 N–H and O–H groups in total. The molecule has 0 saturated carbocycles. The van der Waals surface area contributed by atoms with E-state index in [0.29, 0.717) is 11.4 Å². The number of H-pyrrole nitrogens is 1. The van der Waals surface area contributed by atoms with Crippen molar-refractivity contribution in [1.82, 2.24) is 10.3 Å². The zero-order valence-corrected chi connectivity index (χ0v) is 17.7. The first-order valence-electron chi connectivity index (χ1n) is 8.70. The van der Waals surface area contributed by atoms with Crippen LogP contribution in [0.15, 0.2) is 18.2 Å². The highest BCUT2D eigenvalue weighted by Crippen LogP contribution is 2.31. The SMILES string of the molecule is Cc1[nH]c(C(=O)Nc2ccc(C(=O)N[C@@H](C)C(=O)O)cc2OC(C)C)c(Cl)c1Cl. The Labute approximate surface area is 177 Å². The van der Waals surface area contributed by atoms with Crippen molar-refractivity contribution in [3.05, 3.63) is 45.2 Å². The Hall–Kier alpha value is -2.71. The summed E-state index contributed by atoms with van der Waals surface area (Å²) in [4.78, 5) is 38.6. The maximum absolute atomic E-state index is 12.6. The van der Waals surface area contributed by atoms with Gasteiger partial charge in [0.2, 0.25) is 0 Å². The molecule has 0 aliphatic rings. The second-order valence-electron chi connectivity index (χ2n) is 6.62. The van der Waals surface area contributed by atoms with Crippen LogP contribution in [0.3, 0.4) is 0 Å². The number of rotatable bonds is 7. The lowest BCUT2D eigenvalue weighted by atomic mass is 10.1. The topological polar surface area (TPSA) is 121 Å². The standard InChI is InChI=1S/C19H21Cl2N3O5/c1-8(2)29-13-7-11(17(25)23-10(4)19(27)28)5-6-12(13)24-18(26)16-15(21)14(20)9(3)22-16/h5-8,10,22H,1-4H3,(H,23,25)(H,24,26)(H,27,28)/t10-/m0/s1. The van der Waals surface area contributed by atoms with E-state index in [1.807, 2.05) is 0 Å². The molecule has 1 aromatic carbocycles. The number of hydrogen-bond acceptors (Lipinski definition) is 4. The van der Waals surface area contributed by atoms with Gasteiger partial charge in [0.1, 0.15) is 17.5 Å². The predicted octanol–water partition coefficient (Wildman–Crippen LogP) is 3.87. The van der Waals surface area contributed by atoms with Gasteiger partial charge in [-0.1, -0.05) is 23.2 Å². The lowest BCUT2D eigenvalue weighted by Gasteiger charge is -2.17. The molecule has 0 bridgehead atoms. The first-order valence-corrected chi connectivity index (χ1v) is 9.46. The number of carbonyl (C=O) groups is 3. The van der Waals surface area contributed by atoms with E-state index >= 15 is 0 Å². The molecular formula is C19H21Cl2N3O5. The van der Waals surface area contributed by atoms with Gasteiger partial charge in [-0.25, -0.2) is 0 Å². The van der Waals surface area contributed by atoms with Crippen molar-refractivity contribution in [2.75, 3.05) is 5.32 Å². The summed E-state index contributed by atoms with van der Waals surface area (Å²) >= 11 is 12.1. The molecule has 1 heterocycles. The predicted molar refractivity (Wildman–Crippen MR) is 110 cm³/mol. The molecule has 0 fully saturated rings. The molecular weight excluding hydrogens is 421 g/mol. The van der Waals surface area contributed by atoms with E-state index in [4.69, 9.17) is 33.0 Å². The number of aromatic amines is 1. The molecule has 0 aliphatic carbocycles. The molecule has 10 heteroatoms. The summed E-state index contributed by atoms with van der Waals surface area (Å²) in [5, 5.41) is 14.3. The maximum Gasteiger partial charge on any atom is 0.325 e. The molecule has 156 valence electrons. The number of ether oxygens (including phenoxy) is 1. The van der Waals surface area contributed by atoms with E-state index in [-0.39, 0.29) is 33.2 Å². The van der Waals surface area contributed by atoms with Crippen molar-refractivity contribution in [2.45, 2.75) is 39.8 Å². The largest absolute Gasteiger partial charge is 0.489 e. The van der Waals surface area contributed by atoms with Crippen molar-refractivity contribution >= 4 is 46.7 Å². The quantitative estimate of drug-likeness (QED) is 0.519. The molecule has 0 saturated heterocycles. The highest BCUT2D eigenvalue weighted by Gasteiger charge is 2.21. The van der Waals surface area contributed by atoms with Gasteiger partial charge in [-0.3, -0.25) is 14.4 Å². The van der Waals surface area contributed by atoms with Crippen LogP contribution in [0, 0.1) is 6.92 Å². The van der Waals surface area contributed by atoms with Crippen molar-refractivity contribution in [3.63, 3.8) is 0 Å². The first-order chi connectivity index (χ1) is 13.5. The van der Waals surface area contributed by atoms with Crippen LogP contribution >= 0.6 is 23.2 Å². The summed E-state index contributed by atoms with van der Waals surface area (Å²) in [6.07, 6.45) is -0.243. The van der Waals surface area contributed by atoms with E-state index in [2.05, 4.69) is 15.6 Å². The van der Waals surface area contributed by atoms with E-state index in [9.17, 15) is 14.4 Å². The Morgan fingerprint density at radius 2 is 1.76 bits per heavy atom. The fourth-order valence-electron chi connectivity index (χ4n) is 2.37. The first kappa shape index (κ1) is 22.6. The summed E-state index contributed by atoms with van der Waals surface area (Å²) in [6.45, 7) is 6.61. The number of carboxylic acids is 1. The van der Waals surface area contributed by atoms with Gasteiger partial charge in [0, 0.05) is 11.3 Å². The Balaban J connectivity index is 2.31. The Morgan fingerprint density at radius 1 is 1.10 bits per heavy atom. The van der Waals surface area contributed by atoms with Crippen LogP contribution in [0.1, 0.15) is 47.3 Å². The molecule has 0 unspecified atom stereocenters. The Morgan fingerprint density at radius 3 is 2.28 bits per heavy atom. The molecule has 29 heavy (non-hydrogen) atoms. The molecule has 1 atom stereocenters. The number of amides is 2. The van der Waals surface area contributed by atoms with E-state index in [0.717, 1.165) is 0 Å². The number of aryl methyl sites for hydroxylation is 1. The monoisotopic (exact) mass is 441 g/mol. The number of benzene rings is 1. The lowest BCUT2D eigenvalue weighted by Crippen LogP contribution is -2.38. The maximum atomic E-state index is 12.6. The van der Waals surface area contributed by atoms with Gasteiger partial charge in [0.15, 0.2) is 0 Å². The van der Waals surface area contributed by atoms with Gasteiger partial charge in [-0.2, -0.15) is 0 Å². The Bertz CT molecular complexity index is 956. The molecule has 0 radical (unpaired) electrons. The number of hydrogen-bond donors (Lipinski definition) is 4. The Kier molecular flexibility index (Phi) is 7.16. The van der Waals surface area contributed by atoms with Crippen LogP contribution in [-0.2, 0) is 4.79 Å². The molecule has 2 aromatic rings. The zero-order valence-electron chi connectivity index (χ0n) is 16.2. The van der Waals surface area contributed by atoms with Gasteiger partial charge < -0.3 is 25.5 Å². The number of carboxylic acid groups (broad SMARTS) is 1. The van der Waals surface area contributed by atoms with Crippen LogP contribution in [0.2, 0.25) is 10.0 Å². The molecule has 8 nitrogen and oxygen atoms in total. The third-order valence-corrected chi connectivity index (χ3v) is 4.80. The molecule has 1 aromatic heterocycles. The van der Waals surface area contributed by atoms with Crippen molar-refractivity contribution in [3.8, 4) is 5.75 Å². The average Bonchev–Trinajstić information content (AvgIpc) is 2.89. The highest BCUT2D eigenvalue weighted by molar-refractivity contribution is 6.44. The summed E-state index contributed by atoms with van der Waals surface area (Å²) < 4.78 is 5.70. The second-order valence-corrected chi connectivity index (χ2v) is 7.37. The van der Waals surface area contributed by atoms with Crippen molar-refractivity contribution in [2.24, 2.45) is 0 Å². The van der Waals surface area contributed by atoms with E-state index in [1.165, 1.54) is 25.1 Å². The van der Waals surface area contributed by atoms with Crippen LogP contribution in [0.4, 0.5) is 5.69 Å². The summed E-state index contributed by atoms with van der Waals surface area (Å²) in [7, 11) is 0. The molecule has 2 amide bonds. The fourth-order valence-corrected chi connectivity index (χ4v) is 2.79. The zero-order chi connectivity index (χ0) is 21.9. The number of carbonyl (C=O) groups excluding carboxylic acids is 2. The summed E-state index contributed by atoms with van der Waals surface area (Å²) in [5.41, 5.74) is 1.15. The van der Waals surface area contributed by atoms with Crippen LogP contribution < -0.4 is 15.4 Å². The summed E-state index contributed by atoms with van der Waals surface area (Å²) in [5.74, 6) is -2.02. The average molecular weight is 442 g/mol. The van der Waals surface area contributed by atoms with Crippen LogP contribution in [-0.4, -0.2) is 40.0 Å². The third-order valence-electron chi connectivity index (χ3n) is 3.85. The van der Waals surface area contributed by atoms with Gasteiger partial charge in [-0.05, 0) is 45.9 Å². The van der Waals surface area contributed by atoms with Crippen LogP contribution in [0.5, 0.6) is 5.75 Å². The summed E-state index contributed by atoms with van der Waals surface area (Å²) in [6, 6.07) is 3.30. The second kappa shape index (κ2) is 9.19. The van der Waals surface area contributed by atoms with E-state index < -0.39 is 23.8 Å². The fraction of sp³-hybridized carbons (Fsp3) is 0.316. The van der Waals surface area contributed by atoms with Gasteiger partial charge in [-0.15, -0.1) is 0 Å². The molecule has 2 rings (SSSR count). The number of anilines is 1. The lowest BCUT2D eigenvalue weighted by molar-refractivity contribution is -0.138. The van der Waals surface area contributed by atoms with Gasteiger partial charge in [0.05, 0.1) is 21.8 Å². The highest BCUT2D eigenvalue weighted by atomic mass is 35.5. The van der Waals surface area contributed by atoms with Crippen molar-refractivity contribution in [1.29, 1.82) is 0 Å². The minimum absolute atomic E-state index is 0.0989. The minimum atomic E-state index is -1.15. The van der Waals surface area contributed by atoms with Gasteiger partial charge >= 0.3 is 5.97 Å².